The number of benzene rings is 2. The van der Waals surface area contributed by atoms with E-state index in [1.807, 2.05) is 18.2 Å². The van der Waals surface area contributed by atoms with Gasteiger partial charge in [-0.3, -0.25) is 4.79 Å². The van der Waals surface area contributed by atoms with Gasteiger partial charge in [0.1, 0.15) is 11.5 Å². The van der Waals surface area contributed by atoms with Crippen molar-refractivity contribution in [3.63, 3.8) is 0 Å². The van der Waals surface area contributed by atoms with E-state index in [9.17, 15) is 4.79 Å². The smallest absolute Gasteiger partial charge is 0.248 e. The molecule has 2 aromatic carbocycles. The van der Waals surface area contributed by atoms with E-state index in [0.29, 0.717) is 32.3 Å². The van der Waals surface area contributed by atoms with Crippen molar-refractivity contribution in [1.29, 1.82) is 0 Å². The Hall–Kier alpha value is -2.20. The van der Waals surface area contributed by atoms with E-state index in [1.54, 1.807) is 42.5 Å². The Kier molecular flexibility index (Phi) is 5.49. The lowest BCUT2D eigenvalue weighted by molar-refractivity contribution is -0.111. The molecule has 1 aromatic heterocycles. The molecule has 1 amide bonds. The molecule has 25 heavy (non-hydrogen) atoms. The number of hydrogen-bond donors (Lipinski definition) is 1. The fraction of sp³-hybridized carbons (Fsp3) is 0. The summed E-state index contributed by atoms with van der Waals surface area (Å²) in [5, 5.41) is 4.00. The van der Waals surface area contributed by atoms with Crippen molar-refractivity contribution in [1.82, 2.24) is 0 Å². The van der Waals surface area contributed by atoms with Gasteiger partial charge in [0.15, 0.2) is 0 Å². The molecule has 0 aliphatic rings. The second-order valence-corrected chi connectivity index (χ2v) is 6.35. The van der Waals surface area contributed by atoms with Crippen molar-refractivity contribution >= 4 is 52.5 Å². The SMILES string of the molecule is O=C(C=Cc1ccc(-c2ccc(Cl)cc2)o1)Nc1cccc(Cl)c1Cl. The van der Waals surface area contributed by atoms with Gasteiger partial charge >= 0.3 is 0 Å². The second-order valence-electron chi connectivity index (χ2n) is 5.13. The fourth-order valence-electron chi connectivity index (χ4n) is 2.14. The number of furan rings is 1. The summed E-state index contributed by atoms with van der Waals surface area (Å²) in [6.07, 6.45) is 2.94. The molecule has 1 heterocycles. The molecule has 3 nitrogen and oxygen atoms in total. The van der Waals surface area contributed by atoms with E-state index in [1.165, 1.54) is 6.08 Å². The van der Waals surface area contributed by atoms with Crippen molar-refractivity contribution < 1.29 is 9.21 Å². The molecule has 0 radical (unpaired) electrons. The largest absolute Gasteiger partial charge is 0.457 e. The number of hydrogen-bond acceptors (Lipinski definition) is 2. The highest BCUT2D eigenvalue weighted by Crippen LogP contribution is 2.29. The van der Waals surface area contributed by atoms with Crippen molar-refractivity contribution in [3.8, 4) is 11.3 Å². The number of carbonyl (C=O) groups is 1. The van der Waals surface area contributed by atoms with Crippen LogP contribution in [0.4, 0.5) is 5.69 Å². The van der Waals surface area contributed by atoms with Gasteiger partial charge in [0.25, 0.3) is 0 Å². The summed E-state index contributed by atoms with van der Waals surface area (Å²) < 4.78 is 5.70. The standard InChI is InChI=1S/C19H12Cl3NO2/c20-13-6-4-12(5-7-13)17-10-8-14(25-17)9-11-18(24)23-16-3-1-2-15(21)19(16)22/h1-11H,(H,23,24). The van der Waals surface area contributed by atoms with Crippen LogP contribution in [-0.4, -0.2) is 5.91 Å². The first-order valence-corrected chi connectivity index (χ1v) is 8.45. The molecular formula is C19H12Cl3NO2. The highest BCUT2D eigenvalue weighted by Gasteiger charge is 2.07. The van der Waals surface area contributed by atoms with Crippen LogP contribution in [-0.2, 0) is 4.79 Å². The summed E-state index contributed by atoms with van der Waals surface area (Å²) in [5.74, 6) is 0.903. The molecular weight excluding hydrogens is 381 g/mol. The third-order valence-electron chi connectivity index (χ3n) is 3.36. The van der Waals surface area contributed by atoms with E-state index in [0.717, 1.165) is 5.56 Å². The van der Waals surface area contributed by atoms with Crippen LogP contribution in [0.3, 0.4) is 0 Å². The Morgan fingerprint density at radius 3 is 2.48 bits per heavy atom. The molecule has 0 fully saturated rings. The lowest BCUT2D eigenvalue weighted by Gasteiger charge is -2.05. The van der Waals surface area contributed by atoms with Gasteiger partial charge in [-0.2, -0.15) is 0 Å². The van der Waals surface area contributed by atoms with Crippen LogP contribution in [0.2, 0.25) is 15.1 Å². The monoisotopic (exact) mass is 391 g/mol. The third-order valence-corrected chi connectivity index (χ3v) is 4.43. The second kappa shape index (κ2) is 7.79. The molecule has 3 rings (SSSR count). The predicted octanol–water partition coefficient (Wildman–Crippen LogP) is 6.56. The fourth-order valence-corrected chi connectivity index (χ4v) is 2.62. The Bertz CT molecular complexity index is 930. The van der Waals surface area contributed by atoms with Crippen molar-refractivity contribution in [2.75, 3.05) is 5.32 Å². The molecule has 0 saturated carbocycles. The van der Waals surface area contributed by atoms with Crippen LogP contribution in [0.25, 0.3) is 17.4 Å². The zero-order valence-electron chi connectivity index (χ0n) is 12.8. The number of nitrogens with one attached hydrogen (secondary N) is 1. The van der Waals surface area contributed by atoms with Crippen molar-refractivity contribution in [2.45, 2.75) is 0 Å². The minimum Gasteiger partial charge on any atom is -0.457 e. The molecule has 0 atom stereocenters. The van der Waals surface area contributed by atoms with Crippen molar-refractivity contribution in [3.05, 3.63) is 81.5 Å². The quantitative estimate of drug-likeness (QED) is 0.511. The number of carbonyl (C=O) groups excluding carboxylic acids is 1. The maximum atomic E-state index is 12.0. The highest BCUT2D eigenvalue weighted by atomic mass is 35.5. The van der Waals surface area contributed by atoms with Gasteiger partial charge in [-0.15, -0.1) is 0 Å². The van der Waals surface area contributed by atoms with Gasteiger partial charge < -0.3 is 9.73 Å². The van der Waals surface area contributed by atoms with Gasteiger partial charge in [0.2, 0.25) is 5.91 Å². The zero-order chi connectivity index (χ0) is 17.8. The van der Waals surface area contributed by atoms with Crippen LogP contribution in [0, 0.1) is 0 Å². The molecule has 0 bridgehead atoms. The van der Waals surface area contributed by atoms with Gasteiger partial charge in [0, 0.05) is 16.7 Å². The van der Waals surface area contributed by atoms with E-state index in [4.69, 9.17) is 39.2 Å². The molecule has 0 unspecified atom stereocenters. The van der Waals surface area contributed by atoms with Gasteiger partial charge in [0.05, 0.1) is 15.7 Å². The minimum atomic E-state index is -0.339. The van der Waals surface area contributed by atoms with Crippen LogP contribution in [0.5, 0.6) is 0 Å². The van der Waals surface area contributed by atoms with Crippen LogP contribution < -0.4 is 5.32 Å². The van der Waals surface area contributed by atoms with E-state index in [2.05, 4.69) is 5.32 Å². The Labute approximate surface area is 159 Å². The van der Waals surface area contributed by atoms with E-state index in [-0.39, 0.29) is 5.91 Å². The first-order chi connectivity index (χ1) is 12.0. The van der Waals surface area contributed by atoms with Gasteiger partial charge in [-0.05, 0) is 54.6 Å². The molecule has 1 N–H and O–H groups in total. The Morgan fingerprint density at radius 1 is 0.960 bits per heavy atom. The first-order valence-electron chi connectivity index (χ1n) is 7.32. The predicted molar refractivity (Wildman–Crippen MR) is 103 cm³/mol. The molecule has 0 spiro atoms. The maximum absolute atomic E-state index is 12.0. The topological polar surface area (TPSA) is 42.2 Å². The molecule has 3 aromatic rings. The number of rotatable bonds is 4. The Morgan fingerprint density at radius 2 is 1.72 bits per heavy atom. The number of amides is 1. The number of anilines is 1. The Balaban J connectivity index is 1.69. The van der Waals surface area contributed by atoms with Crippen LogP contribution in [0.1, 0.15) is 5.76 Å². The van der Waals surface area contributed by atoms with Crippen LogP contribution >= 0.6 is 34.8 Å². The van der Waals surface area contributed by atoms with Crippen molar-refractivity contribution in [2.24, 2.45) is 0 Å². The first kappa shape index (κ1) is 17.6. The van der Waals surface area contributed by atoms with E-state index >= 15 is 0 Å². The summed E-state index contributed by atoms with van der Waals surface area (Å²) in [4.78, 5) is 12.0. The minimum absolute atomic E-state index is 0.300. The van der Waals surface area contributed by atoms with E-state index < -0.39 is 0 Å². The summed E-state index contributed by atoms with van der Waals surface area (Å²) >= 11 is 17.8. The van der Waals surface area contributed by atoms with Gasteiger partial charge in [-0.1, -0.05) is 40.9 Å². The normalized spacial score (nSPS) is 11.0. The third kappa shape index (κ3) is 4.45. The molecule has 0 aliphatic heterocycles. The molecule has 0 aliphatic carbocycles. The average molecular weight is 393 g/mol. The molecule has 6 heteroatoms. The summed E-state index contributed by atoms with van der Waals surface area (Å²) in [7, 11) is 0. The summed E-state index contributed by atoms with van der Waals surface area (Å²) in [6.45, 7) is 0. The lowest BCUT2D eigenvalue weighted by atomic mass is 10.2. The lowest BCUT2D eigenvalue weighted by Crippen LogP contribution is -2.08. The maximum Gasteiger partial charge on any atom is 0.248 e. The number of halogens is 3. The molecule has 0 saturated heterocycles. The molecule has 126 valence electrons. The average Bonchev–Trinajstić information content (AvgIpc) is 3.07. The van der Waals surface area contributed by atoms with Gasteiger partial charge in [-0.25, -0.2) is 0 Å². The van der Waals surface area contributed by atoms with Crippen LogP contribution in [0.15, 0.2) is 65.1 Å². The zero-order valence-corrected chi connectivity index (χ0v) is 15.1. The summed E-state index contributed by atoms with van der Waals surface area (Å²) in [5.41, 5.74) is 1.35. The highest BCUT2D eigenvalue weighted by molar-refractivity contribution is 6.44. The summed E-state index contributed by atoms with van der Waals surface area (Å²) in [6, 6.07) is 15.9.